The van der Waals surface area contributed by atoms with Crippen LogP contribution in [-0.2, 0) is 35.2 Å². The Morgan fingerprint density at radius 1 is 0.918 bits per heavy atom. The minimum atomic E-state index is -1.23. The molecule has 1 aromatic rings. The third-order valence-corrected chi connectivity index (χ3v) is 10.1. The number of phenolic OH excluding ortho intramolecular Hbond substituents is 1. The summed E-state index contributed by atoms with van der Waals surface area (Å²) < 4.78 is 0. The van der Waals surface area contributed by atoms with E-state index in [0.717, 1.165) is 25.0 Å². The quantitative estimate of drug-likeness (QED) is 0.0576. The molecule has 0 aromatic heterocycles. The summed E-state index contributed by atoms with van der Waals surface area (Å²) in [5.74, 6) is -3.23. The molecule has 2 aliphatic rings. The number of carboxylic acids is 1. The van der Waals surface area contributed by atoms with E-state index in [9.17, 15) is 43.8 Å². The first kappa shape index (κ1) is 39.3. The number of nitrogens with two attached hydrogens (primary N) is 1. The molecular formula is C33H48N6O9S. The van der Waals surface area contributed by atoms with Crippen molar-refractivity contribution in [3.8, 4) is 5.75 Å². The highest BCUT2D eigenvalue weighted by Crippen LogP contribution is 2.33. The number of benzene rings is 1. The van der Waals surface area contributed by atoms with Gasteiger partial charge in [0.05, 0.1) is 25.2 Å². The zero-order valence-corrected chi connectivity index (χ0v) is 28.4. The van der Waals surface area contributed by atoms with Gasteiger partial charge in [0.15, 0.2) is 5.78 Å². The van der Waals surface area contributed by atoms with Gasteiger partial charge in [-0.3, -0.25) is 24.0 Å². The van der Waals surface area contributed by atoms with Gasteiger partial charge in [-0.05, 0) is 56.2 Å². The number of carboxylic acid groups (broad SMARTS) is 1. The van der Waals surface area contributed by atoms with Crippen molar-refractivity contribution in [2.24, 2.45) is 11.7 Å². The molecule has 0 aliphatic carbocycles. The summed E-state index contributed by atoms with van der Waals surface area (Å²) in [5.41, 5.74) is 5.88. The molecule has 5 atom stereocenters. The maximum atomic E-state index is 13.3. The van der Waals surface area contributed by atoms with Crippen molar-refractivity contribution in [1.29, 1.82) is 0 Å². The van der Waals surface area contributed by atoms with Gasteiger partial charge in [0.1, 0.15) is 17.6 Å². The van der Waals surface area contributed by atoms with Crippen molar-refractivity contribution in [2.45, 2.75) is 94.0 Å². The SMILES string of the molecule is NCC(=O)CCC(=O)NCC(=O)C[C@@H](Cc1ccc(O)cc1)C(=O)N[C@@H](CCCCNC(=O)CCCCC1SC[C@H]2NC(=O)N[C@@H]12)C(=O)O. The average molecular weight is 705 g/mol. The Bertz CT molecular complexity index is 1330. The van der Waals surface area contributed by atoms with Gasteiger partial charge in [-0.2, -0.15) is 11.8 Å². The fraction of sp³-hybridized carbons (Fsp3) is 0.606. The number of phenols is 1. The Balaban J connectivity index is 1.39. The van der Waals surface area contributed by atoms with Crippen molar-refractivity contribution >= 4 is 53.1 Å². The van der Waals surface area contributed by atoms with Gasteiger partial charge in [-0.25, -0.2) is 9.59 Å². The number of ketones is 2. The minimum absolute atomic E-state index is 0.0227. The van der Waals surface area contributed by atoms with Crippen LogP contribution in [0.25, 0.3) is 0 Å². The molecule has 2 heterocycles. The van der Waals surface area contributed by atoms with Crippen molar-refractivity contribution in [3.63, 3.8) is 0 Å². The van der Waals surface area contributed by atoms with E-state index in [1.54, 1.807) is 12.1 Å². The number of amides is 5. The number of aromatic hydroxyl groups is 1. The zero-order valence-electron chi connectivity index (χ0n) is 27.5. The van der Waals surface area contributed by atoms with Gasteiger partial charge in [0, 0.05) is 49.1 Å². The molecule has 15 nitrogen and oxygen atoms in total. The lowest BCUT2D eigenvalue weighted by atomic mass is 9.92. The van der Waals surface area contributed by atoms with E-state index in [1.807, 2.05) is 11.8 Å². The lowest BCUT2D eigenvalue weighted by molar-refractivity contribution is -0.143. The summed E-state index contributed by atoms with van der Waals surface area (Å²) in [6, 6.07) is 5.05. The largest absolute Gasteiger partial charge is 0.508 e. The van der Waals surface area contributed by atoms with E-state index in [2.05, 4.69) is 26.6 Å². The monoisotopic (exact) mass is 704 g/mol. The fourth-order valence-corrected chi connectivity index (χ4v) is 7.32. The first-order valence-corrected chi connectivity index (χ1v) is 17.8. The van der Waals surface area contributed by atoms with Crippen LogP contribution in [0.1, 0.15) is 69.8 Å². The van der Waals surface area contributed by atoms with Gasteiger partial charge >= 0.3 is 12.0 Å². The molecule has 0 saturated carbocycles. The zero-order chi connectivity index (χ0) is 35.8. The Kier molecular flexibility index (Phi) is 16.3. The van der Waals surface area contributed by atoms with Crippen LogP contribution in [0.3, 0.4) is 0 Å². The van der Waals surface area contributed by atoms with Crippen LogP contribution >= 0.6 is 11.8 Å². The van der Waals surface area contributed by atoms with Crippen LogP contribution < -0.4 is 32.3 Å². The van der Waals surface area contributed by atoms with Gasteiger partial charge < -0.3 is 42.5 Å². The first-order chi connectivity index (χ1) is 23.4. The third kappa shape index (κ3) is 14.1. The molecule has 1 aromatic carbocycles. The first-order valence-electron chi connectivity index (χ1n) is 16.7. The minimum Gasteiger partial charge on any atom is -0.508 e. The van der Waals surface area contributed by atoms with Crippen LogP contribution in [0.5, 0.6) is 5.75 Å². The molecule has 1 unspecified atom stereocenters. The van der Waals surface area contributed by atoms with E-state index in [4.69, 9.17) is 5.73 Å². The second-order valence-electron chi connectivity index (χ2n) is 12.4. The molecule has 0 radical (unpaired) electrons. The number of rotatable bonds is 23. The number of Topliss-reactive ketones (excluding diaryl/α,β-unsaturated/α-hetero) is 2. The Hall–Kier alpha value is -4.18. The average Bonchev–Trinajstić information content (AvgIpc) is 3.63. The van der Waals surface area contributed by atoms with Crippen LogP contribution in [-0.4, -0.2) is 100 Å². The van der Waals surface area contributed by atoms with Crippen molar-refractivity contribution in [2.75, 3.05) is 25.4 Å². The molecule has 49 heavy (non-hydrogen) atoms. The normalized spacial score (nSPS) is 19.1. The predicted octanol–water partition coefficient (Wildman–Crippen LogP) is 0.516. The molecule has 16 heteroatoms. The summed E-state index contributed by atoms with van der Waals surface area (Å²) >= 11 is 1.84. The lowest BCUT2D eigenvalue weighted by Gasteiger charge is -2.20. The third-order valence-electron chi connectivity index (χ3n) is 8.54. The standard InChI is InChI=1S/C33H48N6O9S/c34-17-23(41)12-13-29(44)36-18-24(42)16-21(15-20-8-10-22(40)11-9-20)31(45)37-25(32(46)47)5-3-4-14-35-28(43)7-2-1-6-27-30-26(19-49-27)38-33(48)39-30/h8-11,21,25-27,30,40H,1-7,12-19,34H2,(H,35,43)(H,36,44)(H,37,45)(H,46,47)(H2,38,39,48)/t21-,25+,26-,27?,30-/m1/s1. The molecule has 270 valence electrons. The van der Waals surface area contributed by atoms with Crippen molar-refractivity contribution in [1.82, 2.24) is 26.6 Å². The molecular weight excluding hydrogens is 656 g/mol. The maximum absolute atomic E-state index is 13.3. The topological polar surface area (TPSA) is 246 Å². The summed E-state index contributed by atoms with van der Waals surface area (Å²) in [7, 11) is 0. The predicted molar refractivity (Wildman–Crippen MR) is 182 cm³/mol. The summed E-state index contributed by atoms with van der Waals surface area (Å²) in [6.07, 6.45) is 3.57. The number of aliphatic carboxylic acids is 1. The van der Waals surface area contributed by atoms with Crippen molar-refractivity contribution < 1.29 is 43.8 Å². The van der Waals surface area contributed by atoms with Crippen LogP contribution in [0.4, 0.5) is 4.79 Å². The smallest absolute Gasteiger partial charge is 0.326 e. The second-order valence-corrected chi connectivity index (χ2v) is 13.7. The molecule has 0 bridgehead atoms. The molecule has 2 fully saturated rings. The van der Waals surface area contributed by atoms with Gasteiger partial charge in [0.2, 0.25) is 17.7 Å². The summed E-state index contributed by atoms with van der Waals surface area (Å²) in [5, 5.41) is 33.4. The van der Waals surface area contributed by atoms with E-state index in [0.29, 0.717) is 36.6 Å². The number of hydrogen-bond donors (Lipinski definition) is 8. The number of carbonyl (C=O) groups is 7. The lowest BCUT2D eigenvalue weighted by Crippen LogP contribution is -2.45. The number of fused-ring (bicyclic) bond motifs is 1. The highest BCUT2D eigenvalue weighted by atomic mass is 32.2. The second kappa shape index (κ2) is 20.4. The van der Waals surface area contributed by atoms with Crippen molar-refractivity contribution in [3.05, 3.63) is 29.8 Å². The number of hydrogen-bond acceptors (Lipinski definition) is 10. The number of unbranched alkanes of at least 4 members (excludes halogenated alkanes) is 2. The van der Waals surface area contributed by atoms with Crippen LogP contribution in [0.15, 0.2) is 24.3 Å². The Morgan fingerprint density at radius 3 is 2.37 bits per heavy atom. The van der Waals surface area contributed by atoms with E-state index < -0.39 is 35.5 Å². The summed E-state index contributed by atoms with van der Waals surface area (Å²) in [4.78, 5) is 85.1. The Labute approximate surface area is 289 Å². The fourth-order valence-electron chi connectivity index (χ4n) is 5.77. The summed E-state index contributed by atoms with van der Waals surface area (Å²) in [6.45, 7) is -0.178. The van der Waals surface area contributed by atoms with Gasteiger partial charge in [-0.1, -0.05) is 18.6 Å². The van der Waals surface area contributed by atoms with E-state index >= 15 is 0 Å². The number of thioether (sulfide) groups is 1. The molecule has 9 N–H and O–H groups in total. The molecule has 2 saturated heterocycles. The molecule has 2 aliphatic heterocycles. The van der Waals surface area contributed by atoms with E-state index in [1.165, 1.54) is 12.1 Å². The number of nitrogens with one attached hydrogen (secondary N) is 5. The van der Waals surface area contributed by atoms with Crippen LogP contribution in [0.2, 0.25) is 0 Å². The van der Waals surface area contributed by atoms with Gasteiger partial charge in [-0.15, -0.1) is 0 Å². The van der Waals surface area contributed by atoms with Crippen LogP contribution in [0, 0.1) is 5.92 Å². The molecule has 0 spiro atoms. The number of carbonyl (C=O) groups excluding carboxylic acids is 6. The van der Waals surface area contributed by atoms with Gasteiger partial charge in [0.25, 0.3) is 0 Å². The maximum Gasteiger partial charge on any atom is 0.326 e. The highest BCUT2D eigenvalue weighted by molar-refractivity contribution is 8.00. The van der Waals surface area contributed by atoms with E-state index in [-0.39, 0.29) is 80.7 Å². The highest BCUT2D eigenvalue weighted by Gasteiger charge is 2.42. The molecule has 3 rings (SSSR count). The number of urea groups is 1. The molecule has 5 amide bonds. The Morgan fingerprint density at radius 2 is 1.65 bits per heavy atom.